The van der Waals surface area contributed by atoms with Gasteiger partial charge in [0.25, 0.3) is 5.72 Å². The van der Waals surface area contributed by atoms with Crippen molar-refractivity contribution in [2.24, 2.45) is 16.7 Å². The zero-order chi connectivity index (χ0) is 27.5. The third-order valence-electron chi connectivity index (χ3n) is 9.92. The first-order valence-electron chi connectivity index (χ1n) is 14.7. The molecule has 39 heavy (non-hydrogen) atoms. The molecule has 0 aromatic heterocycles. The minimum atomic E-state index is -1.03. The van der Waals surface area contributed by atoms with E-state index in [2.05, 4.69) is 32.9 Å². The summed E-state index contributed by atoms with van der Waals surface area (Å²) in [6, 6.07) is 20.2. The molecule has 2 bridgehead atoms. The number of hydroxylamine groups is 1. The zero-order valence-corrected chi connectivity index (χ0v) is 23.8. The van der Waals surface area contributed by atoms with Crippen LogP contribution in [0, 0.1) is 22.0 Å². The minimum Gasteiger partial charge on any atom is -0.622 e. The molecular weight excluding hydrogens is 490 g/mol. The maximum Gasteiger partial charge on any atom is 0.280 e. The fourth-order valence-corrected chi connectivity index (χ4v) is 7.18. The number of benzene rings is 2. The summed E-state index contributed by atoms with van der Waals surface area (Å²) in [6.07, 6.45) is 4.25. The highest BCUT2D eigenvalue weighted by molar-refractivity contribution is 5.93. The first-order chi connectivity index (χ1) is 18.8. The van der Waals surface area contributed by atoms with Gasteiger partial charge >= 0.3 is 0 Å². The molecule has 2 saturated carbocycles. The second-order valence-electron chi connectivity index (χ2n) is 12.6. The molecule has 6 heteroatoms. The van der Waals surface area contributed by atoms with Crippen LogP contribution in [0.3, 0.4) is 0 Å². The average Bonchev–Trinajstić information content (AvgIpc) is 3.41. The van der Waals surface area contributed by atoms with Gasteiger partial charge in [-0.1, -0.05) is 81.4 Å². The van der Waals surface area contributed by atoms with E-state index in [0.717, 1.165) is 42.5 Å². The average molecular weight is 536 g/mol. The molecule has 5 rings (SSSR count). The van der Waals surface area contributed by atoms with E-state index in [1.54, 1.807) is 0 Å². The van der Waals surface area contributed by atoms with Crippen molar-refractivity contribution < 1.29 is 24.1 Å². The molecule has 0 amide bonds. The van der Waals surface area contributed by atoms with Crippen molar-refractivity contribution in [2.75, 3.05) is 13.2 Å². The van der Waals surface area contributed by atoms with Crippen molar-refractivity contribution >= 4 is 5.71 Å². The molecule has 0 saturated heterocycles. The Morgan fingerprint density at radius 1 is 0.949 bits per heavy atom. The van der Waals surface area contributed by atoms with E-state index in [9.17, 15) is 10.3 Å². The first-order valence-corrected chi connectivity index (χ1v) is 14.7. The maximum atomic E-state index is 14.1. The van der Waals surface area contributed by atoms with Gasteiger partial charge in [-0.05, 0) is 48.6 Å². The molecule has 5 atom stereocenters. The smallest absolute Gasteiger partial charge is 0.280 e. The largest absolute Gasteiger partial charge is 0.622 e. The van der Waals surface area contributed by atoms with Crippen molar-refractivity contribution in [3.05, 3.63) is 77.0 Å². The van der Waals surface area contributed by atoms with Gasteiger partial charge in [-0.2, -0.15) is 4.74 Å². The lowest BCUT2D eigenvalue weighted by Crippen LogP contribution is -2.46. The van der Waals surface area contributed by atoms with E-state index in [1.165, 1.54) is 4.74 Å². The lowest BCUT2D eigenvalue weighted by Gasteiger charge is -2.39. The Hall–Kier alpha value is -2.25. The SMILES string of the molecule is CC1(C)[C@@H]2CC[C@@]1(C)[C@@H]1O[C@@](CCCCOCc3ccccc3)(C[C@@H](O)CCOCc3ccccc3)[N+]([O-])=C21. The molecular formula is C33H45NO5. The van der Waals surface area contributed by atoms with Crippen LogP contribution in [-0.4, -0.2) is 46.7 Å². The first kappa shape index (κ1) is 28.3. The summed E-state index contributed by atoms with van der Waals surface area (Å²) in [4.78, 5) is 0. The highest BCUT2D eigenvalue weighted by Crippen LogP contribution is 2.67. The number of fused-ring (bicyclic) bond motifs is 5. The van der Waals surface area contributed by atoms with Crippen LogP contribution in [0.1, 0.15) is 76.8 Å². The van der Waals surface area contributed by atoms with Crippen LogP contribution in [0.4, 0.5) is 0 Å². The molecule has 0 spiro atoms. The number of nitrogens with zero attached hydrogens (tertiary/aromatic N) is 1. The standard InChI is InChI=1S/C33H45NO5/c1-31(2)28-16-19-32(31,3)30-29(28)34(36)33(39-30,18-10-11-20-37-23-25-12-6-4-7-13-25)22-27(35)17-21-38-24-26-14-8-5-9-15-26/h4-9,12-15,27-28,30,35H,10-11,16-24H2,1-3H3/t27-,28+,30+,32-,33-/m0/s1. The maximum absolute atomic E-state index is 14.1. The summed E-state index contributed by atoms with van der Waals surface area (Å²) in [6.45, 7) is 9.04. The van der Waals surface area contributed by atoms with Gasteiger partial charge in [0.2, 0.25) is 0 Å². The summed E-state index contributed by atoms with van der Waals surface area (Å²) in [7, 11) is 0. The third kappa shape index (κ3) is 5.54. The number of rotatable bonds is 14. The summed E-state index contributed by atoms with van der Waals surface area (Å²) in [5, 5.41) is 25.1. The Labute approximate surface area is 233 Å². The van der Waals surface area contributed by atoms with Crippen molar-refractivity contribution in [3.8, 4) is 0 Å². The summed E-state index contributed by atoms with van der Waals surface area (Å²) < 4.78 is 19.7. The normalized spacial score (nSPS) is 29.6. The predicted octanol–water partition coefficient (Wildman–Crippen LogP) is 6.23. The van der Waals surface area contributed by atoms with Crippen molar-refractivity contribution in [1.29, 1.82) is 0 Å². The van der Waals surface area contributed by atoms with Gasteiger partial charge in [0.1, 0.15) is 0 Å². The summed E-state index contributed by atoms with van der Waals surface area (Å²) in [5.74, 6) is 0.243. The number of aliphatic hydroxyl groups excluding tert-OH is 1. The van der Waals surface area contributed by atoms with Crippen LogP contribution < -0.4 is 0 Å². The molecule has 2 aromatic carbocycles. The van der Waals surface area contributed by atoms with Gasteiger partial charge in [-0.25, -0.2) is 0 Å². The molecule has 1 aliphatic heterocycles. The van der Waals surface area contributed by atoms with Crippen LogP contribution in [0.5, 0.6) is 0 Å². The molecule has 0 radical (unpaired) electrons. The fourth-order valence-electron chi connectivity index (χ4n) is 7.18. The van der Waals surface area contributed by atoms with E-state index in [0.29, 0.717) is 45.7 Å². The third-order valence-corrected chi connectivity index (χ3v) is 9.92. The van der Waals surface area contributed by atoms with Crippen LogP contribution >= 0.6 is 0 Å². The van der Waals surface area contributed by atoms with E-state index in [1.807, 2.05) is 48.5 Å². The second kappa shape index (κ2) is 11.7. The van der Waals surface area contributed by atoms with Crippen LogP contribution in [-0.2, 0) is 27.4 Å². The Bertz CT molecular complexity index is 1120. The molecule has 1 N–H and O–H groups in total. The Morgan fingerprint density at radius 2 is 1.56 bits per heavy atom. The van der Waals surface area contributed by atoms with Gasteiger partial charge in [0, 0.05) is 31.0 Å². The highest BCUT2D eigenvalue weighted by atomic mass is 16.6. The quantitative estimate of drug-likeness (QED) is 0.176. The van der Waals surface area contributed by atoms with Gasteiger partial charge in [-0.15, -0.1) is 0 Å². The fraction of sp³-hybridized carbons (Fsp3) is 0.606. The molecule has 0 unspecified atom stereocenters. The van der Waals surface area contributed by atoms with Crippen LogP contribution in [0.15, 0.2) is 60.7 Å². The Morgan fingerprint density at radius 3 is 2.18 bits per heavy atom. The minimum absolute atomic E-state index is 0.0387. The van der Waals surface area contributed by atoms with E-state index in [-0.39, 0.29) is 22.9 Å². The van der Waals surface area contributed by atoms with Gasteiger partial charge in [-0.3, -0.25) is 0 Å². The number of ether oxygens (including phenoxy) is 3. The predicted molar refractivity (Wildman–Crippen MR) is 152 cm³/mol. The van der Waals surface area contributed by atoms with E-state index >= 15 is 0 Å². The van der Waals surface area contributed by atoms with Gasteiger partial charge in [0.05, 0.1) is 25.7 Å². The number of hydrogen-bond donors (Lipinski definition) is 1. The molecule has 3 aliphatic rings. The number of unbranched alkanes of at least 4 members (excludes halogenated alkanes) is 1. The van der Waals surface area contributed by atoms with Gasteiger partial charge < -0.3 is 24.5 Å². The summed E-state index contributed by atoms with van der Waals surface area (Å²) in [5.41, 5.74) is 2.14. The van der Waals surface area contributed by atoms with Crippen molar-refractivity contribution in [2.45, 2.75) is 96.9 Å². The lowest BCUT2D eigenvalue weighted by atomic mass is 9.70. The van der Waals surface area contributed by atoms with E-state index < -0.39 is 11.8 Å². The monoisotopic (exact) mass is 535 g/mol. The lowest BCUT2D eigenvalue weighted by molar-refractivity contribution is -0.602. The Kier molecular flexibility index (Phi) is 8.48. The molecule has 2 fully saturated rings. The highest BCUT2D eigenvalue weighted by Gasteiger charge is 2.73. The van der Waals surface area contributed by atoms with Crippen LogP contribution in [0.25, 0.3) is 0 Å². The van der Waals surface area contributed by atoms with Crippen LogP contribution in [0.2, 0.25) is 0 Å². The van der Waals surface area contributed by atoms with Crippen molar-refractivity contribution in [1.82, 2.24) is 0 Å². The summed E-state index contributed by atoms with van der Waals surface area (Å²) >= 11 is 0. The number of hydrogen-bond acceptors (Lipinski definition) is 5. The zero-order valence-electron chi connectivity index (χ0n) is 23.8. The Balaban J connectivity index is 1.20. The molecule has 6 nitrogen and oxygen atoms in total. The number of aliphatic hydroxyl groups is 1. The molecule has 2 aromatic rings. The van der Waals surface area contributed by atoms with E-state index in [4.69, 9.17) is 14.2 Å². The second-order valence-corrected chi connectivity index (χ2v) is 12.6. The van der Waals surface area contributed by atoms with Crippen molar-refractivity contribution in [3.63, 3.8) is 0 Å². The molecule has 212 valence electrons. The topological polar surface area (TPSA) is 74.0 Å². The van der Waals surface area contributed by atoms with Gasteiger partial charge in [0.15, 0.2) is 11.8 Å². The molecule has 2 aliphatic carbocycles. The molecule has 1 heterocycles.